The molecule has 0 aliphatic carbocycles. The fourth-order valence-electron chi connectivity index (χ4n) is 2.17. The standard InChI is InChI=1S/C17H16ClNO2/c1-19(12-13-6-3-2-4-7-13)17-14(10-11-16(20)21)8-5-9-15(17)18/h2-11H,12H2,1H3,(H,20,21)/b11-10+. The zero-order valence-electron chi connectivity index (χ0n) is 11.7. The van der Waals surface area contributed by atoms with Crippen LogP contribution in [0.15, 0.2) is 54.6 Å². The van der Waals surface area contributed by atoms with Crippen molar-refractivity contribution in [1.29, 1.82) is 0 Å². The number of carbonyl (C=O) groups is 1. The molecule has 2 rings (SSSR count). The van der Waals surface area contributed by atoms with Gasteiger partial charge < -0.3 is 10.0 Å². The Hall–Kier alpha value is -2.26. The van der Waals surface area contributed by atoms with Crippen molar-refractivity contribution in [3.63, 3.8) is 0 Å². The Bertz CT molecular complexity index is 653. The third-order valence-electron chi connectivity index (χ3n) is 3.07. The van der Waals surface area contributed by atoms with E-state index in [2.05, 4.69) is 0 Å². The summed E-state index contributed by atoms with van der Waals surface area (Å²) in [6, 6.07) is 15.5. The summed E-state index contributed by atoms with van der Waals surface area (Å²) < 4.78 is 0. The van der Waals surface area contributed by atoms with Crippen molar-refractivity contribution in [3.05, 3.63) is 70.8 Å². The summed E-state index contributed by atoms with van der Waals surface area (Å²) in [5.74, 6) is -0.980. The third kappa shape index (κ3) is 4.10. The quantitative estimate of drug-likeness (QED) is 0.846. The third-order valence-corrected chi connectivity index (χ3v) is 3.37. The van der Waals surface area contributed by atoms with Gasteiger partial charge in [0.2, 0.25) is 0 Å². The predicted molar refractivity (Wildman–Crippen MR) is 86.7 cm³/mol. The maximum atomic E-state index is 10.7. The van der Waals surface area contributed by atoms with Crippen molar-refractivity contribution in [3.8, 4) is 0 Å². The maximum absolute atomic E-state index is 10.7. The number of nitrogens with zero attached hydrogens (tertiary/aromatic N) is 1. The van der Waals surface area contributed by atoms with Crippen LogP contribution in [0.1, 0.15) is 11.1 Å². The molecule has 108 valence electrons. The zero-order chi connectivity index (χ0) is 15.2. The molecule has 0 saturated heterocycles. The topological polar surface area (TPSA) is 40.5 Å². The molecule has 0 heterocycles. The van der Waals surface area contributed by atoms with E-state index < -0.39 is 5.97 Å². The van der Waals surface area contributed by atoms with E-state index in [1.165, 1.54) is 0 Å². The highest BCUT2D eigenvalue weighted by Crippen LogP contribution is 2.31. The SMILES string of the molecule is CN(Cc1ccccc1)c1c(Cl)cccc1/C=C/C(=O)O. The molecule has 1 N–H and O–H groups in total. The highest BCUT2D eigenvalue weighted by molar-refractivity contribution is 6.33. The second-order valence-electron chi connectivity index (χ2n) is 4.69. The van der Waals surface area contributed by atoms with Crippen LogP contribution in [0.2, 0.25) is 5.02 Å². The average molecular weight is 302 g/mol. The molecule has 0 saturated carbocycles. The molecule has 21 heavy (non-hydrogen) atoms. The molecular formula is C17H16ClNO2. The number of para-hydroxylation sites is 1. The minimum atomic E-state index is -0.980. The number of anilines is 1. The van der Waals surface area contributed by atoms with E-state index in [0.717, 1.165) is 22.9 Å². The van der Waals surface area contributed by atoms with Gasteiger partial charge in [0.1, 0.15) is 0 Å². The van der Waals surface area contributed by atoms with Gasteiger partial charge in [0.05, 0.1) is 10.7 Å². The van der Waals surface area contributed by atoms with Crippen molar-refractivity contribution in [1.82, 2.24) is 0 Å². The van der Waals surface area contributed by atoms with E-state index in [1.807, 2.05) is 54.4 Å². The molecule has 0 unspecified atom stereocenters. The van der Waals surface area contributed by atoms with E-state index in [0.29, 0.717) is 11.6 Å². The van der Waals surface area contributed by atoms with E-state index in [1.54, 1.807) is 12.1 Å². The Morgan fingerprint density at radius 1 is 1.19 bits per heavy atom. The van der Waals surface area contributed by atoms with E-state index in [9.17, 15) is 4.79 Å². The molecule has 0 atom stereocenters. The van der Waals surface area contributed by atoms with Crippen LogP contribution in [-0.2, 0) is 11.3 Å². The van der Waals surface area contributed by atoms with Crippen molar-refractivity contribution >= 4 is 29.3 Å². The Kier molecular flexibility index (Phi) is 5.01. The summed E-state index contributed by atoms with van der Waals surface area (Å²) in [6.45, 7) is 0.693. The lowest BCUT2D eigenvalue weighted by Crippen LogP contribution is -2.17. The molecule has 0 radical (unpaired) electrons. The van der Waals surface area contributed by atoms with Gasteiger partial charge in [-0.2, -0.15) is 0 Å². The number of halogens is 1. The molecule has 0 aliphatic heterocycles. The summed E-state index contributed by atoms with van der Waals surface area (Å²) in [7, 11) is 1.94. The first-order chi connectivity index (χ1) is 10.1. The number of benzene rings is 2. The number of carboxylic acids is 1. The van der Waals surface area contributed by atoms with Crippen LogP contribution in [0.4, 0.5) is 5.69 Å². The summed E-state index contributed by atoms with van der Waals surface area (Å²) in [5.41, 5.74) is 2.76. The maximum Gasteiger partial charge on any atom is 0.328 e. The van der Waals surface area contributed by atoms with E-state index >= 15 is 0 Å². The van der Waals surface area contributed by atoms with Crippen LogP contribution >= 0.6 is 11.6 Å². The number of aliphatic carboxylic acids is 1. The number of hydrogen-bond donors (Lipinski definition) is 1. The van der Waals surface area contributed by atoms with Gasteiger partial charge >= 0.3 is 5.97 Å². The Labute approximate surface area is 129 Å². The molecule has 0 amide bonds. The lowest BCUT2D eigenvalue weighted by Gasteiger charge is -2.23. The first kappa shape index (κ1) is 15.1. The molecule has 0 fully saturated rings. The van der Waals surface area contributed by atoms with Crippen molar-refractivity contribution < 1.29 is 9.90 Å². The Balaban J connectivity index is 2.31. The van der Waals surface area contributed by atoms with Gasteiger partial charge in [0.15, 0.2) is 0 Å². The van der Waals surface area contributed by atoms with Crippen molar-refractivity contribution in [2.75, 3.05) is 11.9 Å². The van der Waals surface area contributed by atoms with Crippen LogP contribution in [-0.4, -0.2) is 18.1 Å². The molecule has 4 heteroatoms. The normalized spacial score (nSPS) is 10.8. The second kappa shape index (κ2) is 6.95. The summed E-state index contributed by atoms with van der Waals surface area (Å²) in [5, 5.41) is 9.37. The van der Waals surface area contributed by atoms with Crippen molar-refractivity contribution in [2.45, 2.75) is 6.54 Å². The highest BCUT2D eigenvalue weighted by Gasteiger charge is 2.10. The van der Waals surface area contributed by atoms with Crippen LogP contribution in [0.3, 0.4) is 0 Å². The van der Waals surface area contributed by atoms with E-state index in [4.69, 9.17) is 16.7 Å². The second-order valence-corrected chi connectivity index (χ2v) is 5.10. The van der Waals surface area contributed by atoms with Crippen LogP contribution in [0.5, 0.6) is 0 Å². The van der Waals surface area contributed by atoms with Gasteiger partial charge in [-0.05, 0) is 23.3 Å². The number of rotatable bonds is 5. The first-order valence-electron chi connectivity index (χ1n) is 6.52. The largest absolute Gasteiger partial charge is 0.478 e. The van der Waals surface area contributed by atoms with Crippen LogP contribution in [0.25, 0.3) is 6.08 Å². The Morgan fingerprint density at radius 2 is 1.90 bits per heavy atom. The van der Waals surface area contributed by atoms with Crippen molar-refractivity contribution in [2.24, 2.45) is 0 Å². The highest BCUT2D eigenvalue weighted by atomic mass is 35.5. The van der Waals surface area contributed by atoms with Gasteiger partial charge in [0.25, 0.3) is 0 Å². The summed E-state index contributed by atoms with van der Waals surface area (Å²) >= 11 is 6.28. The molecule has 0 bridgehead atoms. The monoisotopic (exact) mass is 301 g/mol. The smallest absolute Gasteiger partial charge is 0.328 e. The molecule has 0 aliphatic rings. The molecule has 0 spiro atoms. The summed E-state index contributed by atoms with van der Waals surface area (Å²) in [6.07, 6.45) is 2.68. The number of hydrogen-bond acceptors (Lipinski definition) is 2. The average Bonchev–Trinajstić information content (AvgIpc) is 2.46. The molecule has 2 aromatic carbocycles. The van der Waals surface area contributed by atoms with Crippen LogP contribution < -0.4 is 4.90 Å². The molecule has 3 nitrogen and oxygen atoms in total. The minimum Gasteiger partial charge on any atom is -0.478 e. The lowest BCUT2D eigenvalue weighted by atomic mass is 10.1. The van der Waals surface area contributed by atoms with Crippen LogP contribution in [0, 0.1) is 0 Å². The van der Waals surface area contributed by atoms with Gasteiger partial charge in [-0.25, -0.2) is 4.79 Å². The summed E-state index contributed by atoms with van der Waals surface area (Å²) in [4.78, 5) is 12.7. The molecular weight excluding hydrogens is 286 g/mol. The van der Waals surface area contributed by atoms with Gasteiger partial charge in [0, 0.05) is 19.7 Å². The zero-order valence-corrected chi connectivity index (χ0v) is 12.4. The minimum absolute atomic E-state index is 0.598. The fraction of sp³-hybridized carbons (Fsp3) is 0.118. The fourth-order valence-corrected chi connectivity index (χ4v) is 2.49. The predicted octanol–water partition coefficient (Wildman–Crippen LogP) is 4.07. The first-order valence-corrected chi connectivity index (χ1v) is 6.90. The van der Waals surface area contributed by atoms with Gasteiger partial charge in [-0.15, -0.1) is 0 Å². The number of carboxylic acid groups (broad SMARTS) is 1. The molecule has 2 aromatic rings. The molecule has 0 aromatic heterocycles. The van der Waals surface area contributed by atoms with Gasteiger partial charge in [-0.1, -0.05) is 54.1 Å². The Morgan fingerprint density at radius 3 is 2.57 bits per heavy atom. The van der Waals surface area contributed by atoms with Gasteiger partial charge in [-0.3, -0.25) is 0 Å². The van der Waals surface area contributed by atoms with E-state index in [-0.39, 0.29) is 0 Å². The lowest BCUT2D eigenvalue weighted by molar-refractivity contribution is -0.131.